The van der Waals surface area contributed by atoms with Gasteiger partial charge in [0.25, 0.3) is 5.91 Å². The number of carbonyl (C=O) groups is 1. The predicted octanol–water partition coefficient (Wildman–Crippen LogP) is 0.679. The van der Waals surface area contributed by atoms with E-state index in [0.29, 0.717) is 12.1 Å². The summed E-state index contributed by atoms with van der Waals surface area (Å²) in [6.07, 6.45) is 1.77. The van der Waals surface area contributed by atoms with Gasteiger partial charge in [-0.05, 0) is 42.5 Å². The fourth-order valence-corrected chi connectivity index (χ4v) is 3.47. The standard InChI is InChI=1S/C21H24N4O3/c1-27-18-5-3-17(4-6-18)25-15-23-19-14-16(2-7-20(19)25)21(26)22-8-9-24-10-12-28-13-11-24/h2-7,14-15H,8-13H2,1H3,(H,22,26)/p+1. The summed E-state index contributed by atoms with van der Waals surface area (Å²) in [5.74, 6) is 0.750. The Labute approximate surface area is 163 Å². The maximum Gasteiger partial charge on any atom is 0.251 e. The van der Waals surface area contributed by atoms with Gasteiger partial charge in [-0.15, -0.1) is 0 Å². The number of benzene rings is 2. The third-order valence-corrected chi connectivity index (χ3v) is 5.12. The molecule has 1 amide bonds. The van der Waals surface area contributed by atoms with Crippen molar-refractivity contribution in [2.45, 2.75) is 0 Å². The summed E-state index contributed by atoms with van der Waals surface area (Å²) in [5, 5.41) is 3.01. The first-order valence-electron chi connectivity index (χ1n) is 9.55. The van der Waals surface area contributed by atoms with Crippen molar-refractivity contribution in [1.29, 1.82) is 0 Å². The van der Waals surface area contributed by atoms with Crippen LogP contribution in [0.3, 0.4) is 0 Å². The van der Waals surface area contributed by atoms with Gasteiger partial charge in [0, 0.05) is 11.3 Å². The van der Waals surface area contributed by atoms with Gasteiger partial charge >= 0.3 is 0 Å². The first-order chi connectivity index (χ1) is 13.7. The van der Waals surface area contributed by atoms with Crippen molar-refractivity contribution in [3.63, 3.8) is 0 Å². The Morgan fingerprint density at radius 2 is 2.00 bits per heavy atom. The van der Waals surface area contributed by atoms with Crippen LogP contribution in [0.5, 0.6) is 5.75 Å². The van der Waals surface area contributed by atoms with Gasteiger partial charge in [0.2, 0.25) is 0 Å². The highest BCUT2D eigenvalue weighted by molar-refractivity contribution is 5.97. The van der Waals surface area contributed by atoms with E-state index >= 15 is 0 Å². The van der Waals surface area contributed by atoms with E-state index in [2.05, 4.69) is 10.3 Å². The second-order valence-corrected chi connectivity index (χ2v) is 6.88. The van der Waals surface area contributed by atoms with E-state index in [1.165, 1.54) is 4.90 Å². The van der Waals surface area contributed by atoms with Crippen LogP contribution in [0, 0.1) is 0 Å². The van der Waals surface area contributed by atoms with Crippen LogP contribution in [-0.2, 0) is 4.74 Å². The van der Waals surface area contributed by atoms with Gasteiger partial charge in [-0.1, -0.05) is 0 Å². The van der Waals surface area contributed by atoms with Gasteiger partial charge in [-0.25, -0.2) is 4.98 Å². The minimum Gasteiger partial charge on any atom is -0.497 e. The summed E-state index contributed by atoms with van der Waals surface area (Å²) in [6.45, 7) is 5.19. The molecular formula is C21H25N4O3+. The highest BCUT2D eigenvalue weighted by Crippen LogP contribution is 2.21. The third kappa shape index (κ3) is 4.00. The molecule has 2 heterocycles. The van der Waals surface area contributed by atoms with Gasteiger partial charge in [0.1, 0.15) is 25.2 Å². The summed E-state index contributed by atoms with van der Waals surface area (Å²) in [4.78, 5) is 18.4. The highest BCUT2D eigenvalue weighted by Gasteiger charge is 2.14. The van der Waals surface area contributed by atoms with Crippen LogP contribution in [-0.4, -0.2) is 62.0 Å². The van der Waals surface area contributed by atoms with E-state index in [1.54, 1.807) is 13.4 Å². The topological polar surface area (TPSA) is 69.8 Å². The van der Waals surface area contributed by atoms with Crippen LogP contribution in [0.15, 0.2) is 48.8 Å². The molecule has 146 valence electrons. The number of imidazole rings is 1. The number of nitrogens with one attached hydrogen (secondary N) is 2. The Balaban J connectivity index is 1.43. The van der Waals surface area contributed by atoms with E-state index < -0.39 is 0 Å². The summed E-state index contributed by atoms with van der Waals surface area (Å²) in [6, 6.07) is 13.4. The quantitative estimate of drug-likeness (QED) is 0.659. The van der Waals surface area contributed by atoms with Crippen molar-refractivity contribution in [2.24, 2.45) is 0 Å². The largest absolute Gasteiger partial charge is 0.497 e. The van der Waals surface area contributed by atoms with E-state index in [4.69, 9.17) is 9.47 Å². The number of amides is 1. The number of morpholine rings is 1. The van der Waals surface area contributed by atoms with E-state index in [1.807, 2.05) is 47.0 Å². The smallest absolute Gasteiger partial charge is 0.251 e. The fraction of sp³-hybridized carbons (Fsp3) is 0.333. The predicted molar refractivity (Wildman–Crippen MR) is 106 cm³/mol. The van der Waals surface area contributed by atoms with Gasteiger partial charge in [0.15, 0.2) is 0 Å². The summed E-state index contributed by atoms with van der Waals surface area (Å²) < 4.78 is 12.6. The summed E-state index contributed by atoms with van der Waals surface area (Å²) in [7, 11) is 1.65. The average Bonchev–Trinajstić information content (AvgIpc) is 3.18. The zero-order valence-electron chi connectivity index (χ0n) is 16.0. The Bertz CT molecular complexity index is 946. The molecule has 7 heteroatoms. The van der Waals surface area contributed by atoms with Gasteiger partial charge in [-0.2, -0.15) is 0 Å². The molecule has 1 fully saturated rings. The lowest BCUT2D eigenvalue weighted by Crippen LogP contribution is -3.14. The lowest BCUT2D eigenvalue weighted by Gasteiger charge is -2.23. The molecule has 0 bridgehead atoms. The van der Waals surface area contributed by atoms with Gasteiger partial charge in [0.05, 0.1) is 44.4 Å². The second kappa shape index (κ2) is 8.41. The molecule has 0 saturated carbocycles. The molecule has 3 aromatic rings. The Morgan fingerprint density at radius 3 is 2.75 bits per heavy atom. The van der Waals surface area contributed by atoms with Gasteiger partial charge < -0.3 is 19.7 Å². The molecule has 1 aromatic heterocycles. The molecule has 0 unspecified atom stereocenters. The number of methoxy groups -OCH3 is 1. The molecule has 1 aliphatic rings. The number of fused-ring (bicyclic) bond motifs is 1. The van der Waals surface area contributed by atoms with E-state index in [-0.39, 0.29) is 5.91 Å². The molecule has 7 nitrogen and oxygen atoms in total. The fourth-order valence-electron chi connectivity index (χ4n) is 3.47. The van der Waals surface area contributed by atoms with Crippen molar-refractivity contribution in [3.8, 4) is 11.4 Å². The molecule has 0 atom stereocenters. The number of hydrogen-bond acceptors (Lipinski definition) is 4. The lowest BCUT2D eigenvalue weighted by molar-refractivity contribution is -0.906. The lowest BCUT2D eigenvalue weighted by atomic mass is 10.2. The molecule has 0 aliphatic carbocycles. The molecule has 1 saturated heterocycles. The molecular weight excluding hydrogens is 356 g/mol. The number of aromatic nitrogens is 2. The van der Waals surface area contributed by atoms with Crippen molar-refractivity contribution in [1.82, 2.24) is 14.9 Å². The second-order valence-electron chi connectivity index (χ2n) is 6.88. The minimum absolute atomic E-state index is 0.0615. The van der Waals surface area contributed by atoms with Crippen molar-refractivity contribution >= 4 is 16.9 Å². The number of rotatable bonds is 6. The Morgan fingerprint density at radius 1 is 1.21 bits per heavy atom. The molecule has 4 rings (SSSR count). The summed E-state index contributed by atoms with van der Waals surface area (Å²) in [5.41, 5.74) is 3.38. The summed E-state index contributed by atoms with van der Waals surface area (Å²) >= 11 is 0. The first kappa shape index (κ1) is 18.5. The molecule has 2 aromatic carbocycles. The zero-order chi connectivity index (χ0) is 19.3. The van der Waals surface area contributed by atoms with E-state index in [9.17, 15) is 4.79 Å². The van der Waals surface area contributed by atoms with Gasteiger partial charge in [-0.3, -0.25) is 9.36 Å². The van der Waals surface area contributed by atoms with Crippen LogP contribution in [0.4, 0.5) is 0 Å². The normalized spacial score (nSPS) is 14.9. The zero-order valence-corrected chi connectivity index (χ0v) is 16.0. The maximum absolute atomic E-state index is 12.5. The number of nitrogens with zero attached hydrogens (tertiary/aromatic N) is 2. The van der Waals surface area contributed by atoms with Crippen LogP contribution in [0.1, 0.15) is 10.4 Å². The number of quaternary nitrogens is 1. The molecule has 28 heavy (non-hydrogen) atoms. The van der Waals surface area contributed by atoms with Crippen LogP contribution < -0.4 is 15.0 Å². The number of hydrogen-bond donors (Lipinski definition) is 2. The monoisotopic (exact) mass is 381 g/mol. The van der Waals surface area contributed by atoms with Crippen molar-refractivity contribution in [2.75, 3.05) is 46.5 Å². The Kier molecular flexibility index (Phi) is 5.55. The number of ether oxygens (including phenoxy) is 2. The minimum atomic E-state index is -0.0615. The third-order valence-electron chi connectivity index (χ3n) is 5.12. The maximum atomic E-state index is 12.5. The molecule has 1 aliphatic heterocycles. The average molecular weight is 381 g/mol. The number of carbonyl (C=O) groups excluding carboxylic acids is 1. The van der Waals surface area contributed by atoms with Crippen LogP contribution in [0.25, 0.3) is 16.7 Å². The van der Waals surface area contributed by atoms with E-state index in [0.717, 1.165) is 55.3 Å². The molecule has 0 radical (unpaired) electrons. The van der Waals surface area contributed by atoms with Crippen molar-refractivity contribution < 1.29 is 19.2 Å². The van der Waals surface area contributed by atoms with Crippen LogP contribution >= 0.6 is 0 Å². The van der Waals surface area contributed by atoms with Crippen molar-refractivity contribution in [3.05, 3.63) is 54.4 Å². The molecule has 0 spiro atoms. The first-order valence-corrected chi connectivity index (χ1v) is 9.55. The van der Waals surface area contributed by atoms with Crippen LogP contribution in [0.2, 0.25) is 0 Å². The highest BCUT2D eigenvalue weighted by atomic mass is 16.5. The molecule has 2 N–H and O–H groups in total. The Hall–Kier alpha value is -2.90. The SMILES string of the molecule is COc1ccc(-n2cnc3cc(C(=O)NCC[NH+]4CCOCC4)ccc32)cc1.